The monoisotopic (exact) mass is 439 g/mol. The topological polar surface area (TPSA) is 66.0 Å². The zero-order valence-corrected chi connectivity index (χ0v) is 17.7. The molecule has 1 atom stereocenters. The highest BCUT2D eigenvalue weighted by Gasteiger charge is 2.24. The molecule has 1 aliphatic rings. The molecule has 1 unspecified atom stereocenters. The second kappa shape index (κ2) is 9.62. The molecule has 0 saturated carbocycles. The van der Waals surface area contributed by atoms with Gasteiger partial charge in [-0.1, -0.05) is 41.9 Å². The van der Waals surface area contributed by atoms with Crippen LogP contribution in [0.5, 0.6) is 17.2 Å². The average molecular weight is 440 g/mol. The van der Waals surface area contributed by atoms with Crippen LogP contribution in [0, 0.1) is 0 Å². The van der Waals surface area contributed by atoms with Gasteiger partial charge in [-0.25, -0.2) is 4.79 Å². The molecule has 4 rings (SSSR count). The summed E-state index contributed by atoms with van der Waals surface area (Å²) in [5.41, 5.74) is 2.52. The first-order valence-electron chi connectivity index (χ1n) is 9.94. The van der Waals surface area contributed by atoms with Crippen LogP contribution in [0.2, 0.25) is 5.02 Å². The molecule has 31 heavy (non-hydrogen) atoms. The summed E-state index contributed by atoms with van der Waals surface area (Å²) < 4.78 is 21.9. The molecule has 160 valence electrons. The smallest absolute Gasteiger partial charge is 0.352 e. The molecule has 1 aliphatic heterocycles. The normalized spacial score (nSPS) is 12.8. The second-order valence-corrected chi connectivity index (χ2v) is 7.24. The molecule has 7 heteroatoms. The van der Waals surface area contributed by atoms with E-state index in [0.29, 0.717) is 28.8 Å². The Morgan fingerprint density at radius 3 is 2.48 bits per heavy atom. The highest BCUT2D eigenvalue weighted by atomic mass is 35.5. The number of fused-ring (bicyclic) bond motifs is 1. The van der Waals surface area contributed by atoms with E-state index in [9.17, 15) is 4.79 Å². The number of halogens is 1. The van der Waals surface area contributed by atoms with E-state index < -0.39 is 12.1 Å². The molecule has 0 saturated heterocycles. The van der Waals surface area contributed by atoms with E-state index in [2.05, 4.69) is 5.32 Å². The minimum atomic E-state index is -0.826. The van der Waals surface area contributed by atoms with Crippen LogP contribution in [-0.4, -0.2) is 19.4 Å². The number of esters is 1. The Kier molecular flexibility index (Phi) is 6.48. The number of nitrogens with one attached hydrogen (secondary N) is 1. The predicted molar refractivity (Wildman–Crippen MR) is 118 cm³/mol. The molecule has 0 bridgehead atoms. The quantitative estimate of drug-likeness (QED) is 0.476. The summed E-state index contributed by atoms with van der Waals surface area (Å²) in [5, 5.41) is 3.93. The van der Waals surface area contributed by atoms with Gasteiger partial charge in [0.25, 0.3) is 0 Å². The van der Waals surface area contributed by atoms with Crippen LogP contribution >= 0.6 is 11.6 Å². The van der Waals surface area contributed by atoms with Crippen LogP contribution in [0.4, 0.5) is 5.69 Å². The number of ether oxygens (including phenoxy) is 4. The molecule has 1 heterocycles. The maximum Gasteiger partial charge on any atom is 0.352 e. The highest BCUT2D eigenvalue weighted by molar-refractivity contribution is 6.31. The zero-order chi connectivity index (χ0) is 21.6. The Balaban J connectivity index is 1.42. The Hall–Kier alpha value is -3.38. The van der Waals surface area contributed by atoms with Crippen molar-refractivity contribution in [1.82, 2.24) is 0 Å². The first kappa shape index (κ1) is 20.9. The molecule has 3 aromatic carbocycles. The molecule has 3 aromatic rings. The van der Waals surface area contributed by atoms with Crippen molar-refractivity contribution in [2.45, 2.75) is 19.6 Å². The summed E-state index contributed by atoms with van der Waals surface area (Å²) in [4.78, 5) is 12.4. The molecule has 0 fully saturated rings. The van der Waals surface area contributed by atoms with E-state index in [4.69, 9.17) is 30.5 Å². The lowest BCUT2D eigenvalue weighted by molar-refractivity contribution is -0.151. The molecular formula is C24H22ClNO5. The summed E-state index contributed by atoms with van der Waals surface area (Å²) in [5.74, 6) is 1.49. The third-order valence-electron chi connectivity index (χ3n) is 4.74. The number of rotatable bonds is 8. The number of benzene rings is 3. The fourth-order valence-electron chi connectivity index (χ4n) is 3.18. The lowest BCUT2D eigenvalue weighted by Crippen LogP contribution is -2.21. The van der Waals surface area contributed by atoms with Crippen molar-refractivity contribution in [3.8, 4) is 17.2 Å². The standard InChI is InChI=1S/C24H22ClNO5/c1-2-28-24(27)23(16-6-4-3-5-7-16)31-19-10-8-18(9-11-19)26-14-17-12-21-22(13-20(17)25)30-15-29-21/h3-13,23,26H,2,14-15H2,1H3. The Labute approximate surface area is 185 Å². The van der Waals surface area contributed by atoms with Crippen LogP contribution in [0.25, 0.3) is 0 Å². The Bertz CT molecular complexity index is 1040. The SMILES string of the molecule is CCOC(=O)C(Oc1ccc(NCc2cc3c(cc2Cl)OCO3)cc1)c1ccccc1. The van der Waals surface area contributed by atoms with Crippen LogP contribution in [0.15, 0.2) is 66.7 Å². The van der Waals surface area contributed by atoms with Gasteiger partial charge in [-0.3, -0.25) is 0 Å². The van der Waals surface area contributed by atoms with E-state index in [0.717, 1.165) is 16.8 Å². The summed E-state index contributed by atoms with van der Waals surface area (Å²) in [6.07, 6.45) is -0.826. The van der Waals surface area contributed by atoms with Crippen molar-refractivity contribution < 1.29 is 23.7 Å². The first-order valence-corrected chi connectivity index (χ1v) is 10.3. The lowest BCUT2D eigenvalue weighted by atomic mass is 10.1. The number of anilines is 1. The summed E-state index contributed by atoms with van der Waals surface area (Å²) in [7, 11) is 0. The third-order valence-corrected chi connectivity index (χ3v) is 5.09. The van der Waals surface area contributed by atoms with Gasteiger partial charge in [0.15, 0.2) is 11.5 Å². The van der Waals surface area contributed by atoms with E-state index in [1.54, 1.807) is 25.1 Å². The van der Waals surface area contributed by atoms with Gasteiger partial charge < -0.3 is 24.3 Å². The van der Waals surface area contributed by atoms with Gasteiger partial charge >= 0.3 is 5.97 Å². The molecule has 6 nitrogen and oxygen atoms in total. The van der Waals surface area contributed by atoms with Crippen molar-refractivity contribution >= 4 is 23.3 Å². The number of hydrogen-bond donors (Lipinski definition) is 1. The van der Waals surface area contributed by atoms with Crippen LogP contribution < -0.4 is 19.5 Å². The Morgan fingerprint density at radius 2 is 1.77 bits per heavy atom. The number of carbonyl (C=O) groups is 1. The molecule has 0 aromatic heterocycles. The summed E-state index contributed by atoms with van der Waals surface area (Å²) in [6, 6.07) is 20.3. The molecule has 0 amide bonds. The fourth-order valence-corrected chi connectivity index (χ4v) is 3.40. The second-order valence-electron chi connectivity index (χ2n) is 6.84. The molecule has 1 N–H and O–H groups in total. The highest BCUT2D eigenvalue weighted by Crippen LogP contribution is 2.37. The van der Waals surface area contributed by atoms with E-state index in [1.807, 2.05) is 48.5 Å². The van der Waals surface area contributed by atoms with Crippen LogP contribution in [0.1, 0.15) is 24.2 Å². The molecule has 0 spiro atoms. The van der Waals surface area contributed by atoms with Crippen LogP contribution in [0.3, 0.4) is 0 Å². The van der Waals surface area contributed by atoms with Gasteiger partial charge in [-0.05, 0) is 42.8 Å². The van der Waals surface area contributed by atoms with E-state index in [1.165, 1.54) is 0 Å². The largest absolute Gasteiger partial charge is 0.474 e. The first-order chi connectivity index (χ1) is 15.1. The number of carbonyl (C=O) groups excluding carboxylic acids is 1. The van der Waals surface area contributed by atoms with Crippen molar-refractivity contribution in [2.24, 2.45) is 0 Å². The predicted octanol–water partition coefficient (Wildman–Crippen LogP) is 5.36. The average Bonchev–Trinajstić information content (AvgIpc) is 3.24. The maximum absolute atomic E-state index is 12.4. The van der Waals surface area contributed by atoms with Crippen molar-refractivity contribution in [1.29, 1.82) is 0 Å². The van der Waals surface area contributed by atoms with Gasteiger partial charge in [-0.2, -0.15) is 0 Å². The van der Waals surface area contributed by atoms with Gasteiger partial charge in [0.1, 0.15) is 5.75 Å². The van der Waals surface area contributed by atoms with E-state index >= 15 is 0 Å². The number of hydrogen-bond acceptors (Lipinski definition) is 6. The minimum absolute atomic E-state index is 0.208. The minimum Gasteiger partial charge on any atom is -0.474 e. The molecule has 0 aliphatic carbocycles. The zero-order valence-electron chi connectivity index (χ0n) is 17.0. The van der Waals surface area contributed by atoms with Gasteiger partial charge in [0.2, 0.25) is 12.9 Å². The summed E-state index contributed by atoms with van der Waals surface area (Å²) in [6.45, 7) is 2.79. The van der Waals surface area contributed by atoms with Crippen LogP contribution in [-0.2, 0) is 16.1 Å². The van der Waals surface area contributed by atoms with Gasteiger partial charge in [0, 0.05) is 28.9 Å². The fraction of sp³-hybridized carbons (Fsp3) is 0.208. The molecular weight excluding hydrogens is 418 g/mol. The van der Waals surface area contributed by atoms with Gasteiger partial charge in [-0.15, -0.1) is 0 Å². The maximum atomic E-state index is 12.4. The summed E-state index contributed by atoms with van der Waals surface area (Å²) >= 11 is 6.33. The lowest BCUT2D eigenvalue weighted by Gasteiger charge is -2.18. The Morgan fingerprint density at radius 1 is 1.06 bits per heavy atom. The van der Waals surface area contributed by atoms with Crippen molar-refractivity contribution in [3.63, 3.8) is 0 Å². The van der Waals surface area contributed by atoms with Gasteiger partial charge in [0.05, 0.1) is 6.61 Å². The van der Waals surface area contributed by atoms with E-state index in [-0.39, 0.29) is 13.4 Å². The van der Waals surface area contributed by atoms with Crippen molar-refractivity contribution in [2.75, 3.05) is 18.7 Å². The third kappa shape index (κ3) is 5.03. The molecule has 0 radical (unpaired) electrons. The van der Waals surface area contributed by atoms with Crippen molar-refractivity contribution in [3.05, 3.63) is 82.9 Å².